The number of nitrogens with zero attached hydrogens (tertiary/aromatic N) is 2. The predicted molar refractivity (Wildman–Crippen MR) is 92.6 cm³/mol. The number of likely N-dealkylation sites (tertiary alicyclic amines) is 2. The number of β-amino-alcohol motifs (C(OH)–C–C–N with tert-alkyl or cyclic N) is 1. The van der Waals surface area contributed by atoms with Crippen molar-refractivity contribution < 1.29 is 15.0 Å². The Morgan fingerprint density at radius 1 is 1.17 bits per heavy atom. The Morgan fingerprint density at radius 2 is 1.88 bits per heavy atom. The molecule has 0 bridgehead atoms. The normalized spacial score (nSPS) is 28.2. The number of aryl methyl sites for hydroxylation is 1. The Kier molecular flexibility index (Phi) is 5.54. The van der Waals surface area contributed by atoms with Gasteiger partial charge < -0.3 is 20.0 Å². The zero-order valence-electron chi connectivity index (χ0n) is 14.2. The fraction of sp³-hybridized carbons (Fsp3) is 0.632. The quantitative estimate of drug-likeness (QED) is 0.846. The highest BCUT2D eigenvalue weighted by Crippen LogP contribution is 2.25. The van der Waals surface area contributed by atoms with Crippen molar-refractivity contribution in [3.63, 3.8) is 0 Å². The van der Waals surface area contributed by atoms with E-state index in [2.05, 4.69) is 4.90 Å². The fourth-order valence-corrected chi connectivity index (χ4v) is 3.81. The Hall–Kier alpha value is -1.43. The molecule has 24 heavy (non-hydrogen) atoms. The molecule has 0 aliphatic carbocycles. The monoisotopic (exact) mass is 332 g/mol. The van der Waals surface area contributed by atoms with Gasteiger partial charge in [0.2, 0.25) is 5.91 Å². The maximum absolute atomic E-state index is 12.5. The van der Waals surface area contributed by atoms with Crippen molar-refractivity contribution in [2.24, 2.45) is 0 Å². The first-order valence-electron chi connectivity index (χ1n) is 9.01. The van der Waals surface area contributed by atoms with Crippen molar-refractivity contribution in [2.45, 2.75) is 43.8 Å². The summed E-state index contributed by atoms with van der Waals surface area (Å²) in [6.45, 7) is 3.15. The summed E-state index contributed by atoms with van der Waals surface area (Å²) in [5.74, 6) is 0.0607. The average molecular weight is 332 g/mol. The van der Waals surface area contributed by atoms with E-state index in [0.717, 1.165) is 31.5 Å². The molecule has 132 valence electrons. The maximum atomic E-state index is 12.5. The third-order valence-corrected chi connectivity index (χ3v) is 5.28. The minimum atomic E-state index is -1.20. The van der Waals surface area contributed by atoms with Crippen LogP contribution in [0.4, 0.5) is 0 Å². The van der Waals surface area contributed by atoms with Crippen LogP contribution in [0.5, 0.6) is 0 Å². The van der Waals surface area contributed by atoms with Crippen LogP contribution in [0.1, 0.15) is 31.2 Å². The van der Waals surface area contributed by atoms with E-state index in [1.165, 1.54) is 0 Å². The van der Waals surface area contributed by atoms with Crippen LogP contribution in [0.15, 0.2) is 30.3 Å². The number of rotatable bonds is 5. The van der Waals surface area contributed by atoms with Crippen LogP contribution >= 0.6 is 0 Å². The van der Waals surface area contributed by atoms with Gasteiger partial charge in [0, 0.05) is 19.5 Å². The number of hydrogen-bond donors (Lipinski definition) is 2. The molecule has 0 unspecified atom stereocenters. The average Bonchev–Trinajstić information content (AvgIpc) is 3.09. The number of piperidine rings is 1. The lowest BCUT2D eigenvalue weighted by molar-refractivity contribution is -0.155. The molecule has 0 radical (unpaired) electrons. The highest BCUT2D eigenvalue weighted by molar-refractivity contribution is 5.76. The Morgan fingerprint density at radius 3 is 2.58 bits per heavy atom. The van der Waals surface area contributed by atoms with Crippen LogP contribution < -0.4 is 0 Å². The molecule has 2 atom stereocenters. The van der Waals surface area contributed by atoms with Crippen LogP contribution in [0.2, 0.25) is 0 Å². The van der Waals surface area contributed by atoms with E-state index in [1.807, 2.05) is 30.3 Å². The van der Waals surface area contributed by atoms with Crippen molar-refractivity contribution in [3.8, 4) is 0 Å². The van der Waals surface area contributed by atoms with Gasteiger partial charge in [-0.2, -0.15) is 0 Å². The molecule has 1 aromatic carbocycles. The standard InChI is InChI=1S/C19H28N2O3/c22-17-10-13-21(15-19(17,24)14-20-11-4-5-12-20)18(23)9-8-16-6-2-1-3-7-16/h1-3,6-7,17,22,24H,4-5,8-15H2/t17-,19+/m0/s1. The summed E-state index contributed by atoms with van der Waals surface area (Å²) >= 11 is 0. The molecular formula is C19H28N2O3. The predicted octanol–water partition coefficient (Wildman–Crippen LogP) is 1.04. The van der Waals surface area contributed by atoms with Crippen molar-refractivity contribution in [1.29, 1.82) is 0 Å². The van der Waals surface area contributed by atoms with Gasteiger partial charge in [-0.15, -0.1) is 0 Å². The lowest BCUT2D eigenvalue weighted by Gasteiger charge is -2.44. The third-order valence-electron chi connectivity index (χ3n) is 5.28. The first-order valence-corrected chi connectivity index (χ1v) is 9.01. The molecule has 2 fully saturated rings. The summed E-state index contributed by atoms with van der Waals surface area (Å²) in [4.78, 5) is 16.4. The summed E-state index contributed by atoms with van der Waals surface area (Å²) in [6, 6.07) is 9.97. The van der Waals surface area contributed by atoms with E-state index >= 15 is 0 Å². The summed E-state index contributed by atoms with van der Waals surface area (Å²) in [7, 11) is 0. The van der Waals surface area contributed by atoms with Crippen molar-refractivity contribution in [3.05, 3.63) is 35.9 Å². The van der Waals surface area contributed by atoms with Gasteiger partial charge in [-0.3, -0.25) is 4.79 Å². The van der Waals surface area contributed by atoms with Crippen LogP contribution in [0.3, 0.4) is 0 Å². The molecule has 0 saturated carbocycles. The minimum absolute atomic E-state index is 0.0607. The van der Waals surface area contributed by atoms with Gasteiger partial charge in [0.05, 0.1) is 12.6 Å². The largest absolute Gasteiger partial charge is 0.390 e. The second-order valence-corrected chi connectivity index (χ2v) is 7.19. The van der Waals surface area contributed by atoms with Crippen LogP contribution in [-0.4, -0.2) is 70.3 Å². The third kappa shape index (κ3) is 4.15. The summed E-state index contributed by atoms with van der Waals surface area (Å²) in [6.07, 6.45) is 3.14. The molecule has 2 saturated heterocycles. The number of aliphatic hydroxyl groups excluding tert-OH is 1. The van der Waals surface area contributed by atoms with Crippen LogP contribution in [0, 0.1) is 0 Å². The summed E-state index contributed by atoms with van der Waals surface area (Å²) < 4.78 is 0. The SMILES string of the molecule is O=C(CCc1ccccc1)N1CC[C@H](O)[C@@](O)(CN2CCCC2)C1. The van der Waals surface area contributed by atoms with Crippen LogP contribution in [0.25, 0.3) is 0 Å². The Balaban J connectivity index is 1.56. The van der Waals surface area contributed by atoms with Crippen molar-refractivity contribution in [2.75, 3.05) is 32.7 Å². The molecule has 2 N–H and O–H groups in total. The zero-order valence-corrected chi connectivity index (χ0v) is 14.2. The molecule has 0 spiro atoms. The van der Waals surface area contributed by atoms with Gasteiger partial charge in [-0.25, -0.2) is 0 Å². The summed E-state index contributed by atoms with van der Waals surface area (Å²) in [5.41, 5.74) is -0.0550. The number of hydrogen-bond acceptors (Lipinski definition) is 4. The zero-order chi connectivity index (χ0) is 17.0. The van der Waals surface area contributed by atoms with Gasteiger partial charge in [-0.1, -0.05) is 30.3 Å². The maximum Gasteiger partial charge on any atom is 0.223 e. The number of aliphatic hydroxyl groups is 2. The van der Waals surface area contributed by atoms with E-state index in [-0.39, 0.29) is 12.5 Å². The molecule has 1 amide bonds. The van der Waals surface area contributed by atoms with E-state index in [0.29, 0.717) is 32.4 Å². The van der Waals surface area contributed by atoms with E-state index in [1.54, 1.807) is 4.90 Å². The lowest BCUT2D eigenvalue weighted by Crippen LogP contribution is -2.62. The Labute approximate surface area is 143 Å². The van der Waals surface area contributed by atoms with Gasteiger partial charge in [0.1, 0.15) is 5.60 Å². The molecule has 5 nitrogen and oxygen atoms in total. The molecule has 3 rings (SSSR count). The highest BCUT2D eigenvalue weighted by Gasteiger charge is 2.43. The molecule has 1 aromatic rings. The summed E-state index contributed by atoms with van der Waals surface area (Å²) in [5, 5.41) is 21.2. The molecule has 2 aliphatic heterocycles. The fourth-order valence-electron chi connectivity index (χ4n) is 3.81. The van der Waals surface area contributed by atoms with Gasteiger partial charge in [0.15, 0.2) is 0 Å². The molecule has 2 aliphatic rings. The lowest BCUT2D eigenvalue weighted by atomic mass is 9.88. The van der Waals surface area contributed by atoms with Gasteiger partial charge in [0.25, 0.3) is 0 Å². The van der Waals surface area contributed by atoms with Crippen molar-refractivity contribution in [1.82, 2.24) is 9.80 Å². The van der Waals surface area contributed by atoms with Gasteiger partial charge >= 0.3 is 0 Å². The molecule has 2 heterocycles. The first-order chi connectivity index (χ1) is 11.6. The first kappa shape index (κ1) is 17.4. The number of carbonyl (C=O) groups is 1. The number of benzene rings is 1. The second kappa shape index (κ2) is 7.64. The van der Waals surface area contributed by atoms with Crippen LogP contribution in [-0.2, 0) is 11.2 Å². The number of carbonyl (C=O) groups excluding carboxylic acids is 1. The topological polar surface area (TPSA) is 64.0 Å². The smallest absolute Gasteiger partial charge is 0.223 e. The second-order valence-electron chi connectivity index (χ2n) is 7.19. The Bertz CT molecular complexity index is 545. The molecule has 0 aromatic heterocycles. The van der Waals surface area contributed by atoms with Crippen molar-refractivity contribution >= 4 is 5.91 Å². The highest BCUT2D eigenvalue weighted by atomic mass is 16.3. The molecular weight excluding hydrogens is 304 g/mol. The van der Waals surface area contributed by atoms with Gasteiger partial charge in [-0.05, 0) is 44.3 Å². The minimum Gasteiger partial charge on any atom is -0.390 e. The number of amides is 1. The van der Waals surface area contributed by atoms with E-state index in [4.69, 9.17) is 0 Å². The van der Waals surface area contributed by atoms with E-state index in [9.17, 15) is 15.0 Å². The molecule has 5 heteroatoms. The van der Waals surface area contributed by atoms with E-state index < -0.39 is 11.7 Å².